The van der Waals surface area contributed by atoms with E-state index in [-0.39, 0.29) is 0 Å². The number of aliphatic hydroxyl groups is 1. The largest absolute Gasteiger partial charge is 0.497 e. The summed E-state index contributed by atoms with van der Waals surface area (Å²) in [5.74, 6) is 2.20. The molecule has 0 aliphatic carbocycles. The fourth-order valence-corrected chi connectivity index (χ4v) is 3.32. The van der Waals surface area contributed by atoms with Crippen LogP contribution in [0.25, 0.3) is 0 Å². The first kappa shape index (κ1) is 15.5. The predicted molar refractivity (Wildman–Crippen MR) is 94.6 cm³/mol. The van der Waals surface area contributed by atoms with E-state index in [4.69, 9.17) is 14.2 Å². The van der Waals surface area contributed by atoms with Gasteiger partial charge in [0.25, 0.3) is 0 Å². The Morgan fingerprint density at radius 1 is 0.840 bits per heavy atom. The van der Waals surface area contributed by atoms with Crippen LogP contribution in [-0.2, 0) is 5.60 Å². The minimum atomic E-state index is -1.37. The Morgan fingerprint density at radius 2 is 1.56 bits per heavy atom. The SMILES string of the molecule is COc1cc(OC)c2c(c1)C(O)(c1ccccc1)c1ccccc1O2. The maximum absolute atomic E-state index is 11.9. The second kappa shape index (κ2) is 5.83. The molecule has 0 spiro atoms. The van der Waals surface area contributed by atoms with Gasteiger partial charge in [0, 0.05) is 17.2 Å². The van der Waals surface area contributed by atoms with Crippen molar-refractivity contribution < 1.29 is 19.3 Å². The van der Waals surface area contributed by atoms with E-state index in [0.717, 1.165) is 5.56 Å². The summed E-state index contributed by atoms with van der Waals surface area (Å²) in [5.41, 5.74) is 0.660. The predicted octanol–water partition coefficient (Wildman–Crippen LogP) is 4.09. The molecule has 3 aromatic carbocycles. The lowest BCUT2D eigenvalue weighted by Crippen LogP contribution is -2.32. The summed E-state index contributed by atoms with van der Waals surface area (Å²) in [6.07, 6.45) is 0. The van der Waals surface area contributed by atoms with Crippen molar-refractivity contribution in [2.45, 2.75) is 5.60 Å². The normalized spacial score (nSPS) is 17.9. The molecule has 0 aromatic heterocycles. The summed E-state index contributed by atoms with van der Waals surface area (Å²) in [4.78, 5) is 0. The van der Waals surface area contributed by atoms with Crippen molar-refractivity contribution in [3.63, 3.8) is 0 Å². The van der Waals surface area contributed by atoms with E-state index in [2.05, 4.69) is 0 Å². The minimum Gasteiger partial charge on any atom is -0.497 e. The zero-order chi connectivity index (χ0) is 17.4. The molecule has 4 nitrogen and oxygen atoms in total. The lowest BCUT2D eigenvalue weighted by molar-refractivity contribution is 0.111. The van der Waals surface area contributed by atoms with Gasteiger partial charge in [0.2, 0.25) is 0 Å². The van der Waals surface area contributed by atoms with Crippen LogP contribution in [-0.4, -0.2) is 19.3 Å². The molecule has 1 aliphatic heterocycles. The van der Waals surface area contributed by atoms with E-state index < -0.39 is 5.60 Å². The van der Waals surface area contributed by atoms with Gasteiger partial charge in [-0.1, -0.05) is 48.5 Å². The molecule has 126 valence electrons. The quantitative estimate of drug-likeness (QED) is 0.783. The molecule has 0 saturated carbocycles. The zero-order valence-corrected chi connectivity index (χ0v) is 14.0. The average Bonchev–Trinajstić information content (AvgIpc) is 2.68. The number of benzene rings is 3. The van der Waals surface area contributed by atoms with Crippen molar-refractivity contribution in [2.24, 2.45) is 0 Å². The molecule has 1 unspecified atom stereocenters. The highest BCUT2D eigenvalue weighted by molar-refractivity contribution is 5.66. The standard InChI is InChI=1S/C21H18O4/c1-23-15-12-17-20(19(13-15)24-2)25-18-11-7-6-10-16(18)21(17,22)14-8-4-3-5-9-14/h3-13,22H,1-2H3. The lowest BCUT2D eigenvalue weighted by Gasteiger charge is -2.37. The van der Waals surface area contributed by atoms with Crippen LogP contribution in [0, 0.1) is 0 Å². The smallest absolute Gasteiger partial charge is 0.176 e. The first-order chi connectivity index (χ1) is 12.2. The van der Waals surface area contributed by atoms with E-state index in [0.29, 0.717) is 34.1 Å². The Morgan fingerprint density at radius 3 is 2.28 bits per heavy atom. The molecule has 0 radical (unpaired) electrons. The molecule has 0 saturated heterocycles. The highest BCUT2D eigenvalue weighted by Crippen LogP contribution is 2.54. The molecule has 0 amide bonds. The van der Waals surface area contributed by atoms with E-state index in [1.165, 1.54) is 0 Å². The van der Waals surface area contributed by atoms with Gasteiger partial charge in [-0.15, -0.1) is 0 Å². The number of fused-ring (bicyclic) bond motifs is 2. The fourth-order valence-electron chi connectivity index (χ4n) is 3.32. The monoisotopic (exact) mass is 334 g/mol. The van der Waals surface area contributed by atoms with E-state index in [9.17, 15) is 5.11 Å². The average molecular weight is 334 g/mol. The fraction of sp³-hybridized carbons (Fsp3) is 0.143. The second-order valence-corrected chi connectivity index (χ2v) is 5.88. The van der Waals surface area contributed by atoms with E-state index in [1.54, 1.807) is 26.4 Å². The van der Waals surface area contributed by atoms with Gasteiger partial charge >= 0.3 is 0 Å². The molecule has 1 atom stereocenters. The molecule has 1 aliphatic rings. The molecule has 1 heterocycles. The Labute approximate surface area is 146 Å². The van der Waals surface area contributed by atoms with Crippen molar-refractivity contribution in [3.05, 3.63) is 83.4 Å². The van der Waals surface area contributed by atoms with Crippen molar-refractivity contribution >= 4 is 0 Å². The molecular formula is C21H18O4. The van der Waals surface area contributed by atoms with Crippen molar-refractivity contribution in [2.75, 3.05) is 14.2 Å². The van der Waals surface area contributed by atoms with Gasteiger partial charge in [0.1, 0.15) is 17.1 Å². The lowest BCUT2D eigenvalue weighted by atomic mass is 9.78. The third-order valence-corrected chi connectivity index (χ3v) is 4.55. The van der Waals surface area contributed by atoms with Crippen molar-refractivity contribution in [1.29, 1.82) is 0 Å². The highest BCUT2D eigenvalue weighted by atomic mass is 16.5. The van der Waals surface area contributed by atoms with Crippen LogP contribution in [0.2, 0.25) is 0 Å². The highest BCUT2D eigenvalue weighted by Gasteiger charge is 2.43. The number of para-hydroxylation sites is 1. The molecule has 3 aromatic rings. The topological polar surface area (TPSA) is 47.9 Å². The van der Waals surface area contributed by atoms with Gasteiger partial charge in [0.05, 0.1) is 14.2 Å². The molecule has 4 rings (SSSR count). The number of methoxy groups -OCH3 is 2. The second-order valence-electron chi connectivity index (χ2n) is 5.88. The van der Waals surface area contributed by atoms with Crippen LogP contribution >= 0.6 is 0 Å². The Balaban J connectivity index is 2.08. The van der Waals surface area contributed by atoms with E-state index in [1.807, 2.05) is 54.6 Å². The summed E-state index contributed by atoms with van der Waals surface area (Å²) in [7, 11) is 3.15. The van der Waals surface area contributed by atoms with Gasteiger partial charge in [-0.3, -0.25) is 0 Å². The number of rotatable bonds is 3. The molecule has 4 heteroatoms. The molecule has 0 fully saturated rings. The van der Waals surface area contributed by atoms with Crippen LogP contribution in [0.5, 0.6) is 23.0 Å². The molecule has 1 N–H and O–H groups in total. The van der Waals surface area contributed by atoms with Crippen LogP contribution in [0.4, 0.5) is 0 Å². The number of hydrogen-bond acceptors (Lipinski definition) is 4. The summed E-state index contributed by atoms with van der Waals surface area (Å²) in [6, 6.07) is 20.6. The molecular weight excluding hydrogens is 316 g/mol. The zero-order valence-electron chi connectivity index (χ0n) is 14.0. The number of ether oxygens (including phenoxy) is 3. The minimum absolute atomic E-state index is 0.494. The van der Waals surface area contributed by atoms with Gasteiger partial charge in [-0.25, -0.2) is 0 Å². The van der Waals surface area contributed by atoms with Gasteiger partial charge in [-0.05, 0) is 17.7 Å². The Hall–Kier alpha value is -2.98. The third kappa shape index (κ3) is 2.26. The Kier molecular flexibility index (Phi) is 3.62. The summed E-state index contributed by atoms with van der Waals surface area (Å²) in [6.45, 7) is 0. The Bertz CT molecular complexity index is 920. The molecule has 0 bridgehead atoms. The maximum atomic E-state index is 11.9. The van der Waals surface area contributed by atoms with Crippen LogP contribution in [0.1, 0.15) is 16.7 Å². The van der Waals surface area contributed by atoms with Crippen LogP contribution < -0.4 is 14.2 Å². The summed E-state index contributed by atoms with van der Waals surface area (Å²) < 4.78 is 17.0. The van der Waals surface area contributed by atoms with Crippen molar-refractivity contribution in [3.8, 4) is 23.0 Å². The third-order valence-electron chi connectivity index (χ3n) is 4.55. The van der Waals surface area contributed by atoms with Crippen molar-refractivity contribution in [1.82, 2.24) is 0 Å². The first-order valence-corrected chi connectivity index (χ1v) is 8.00. The van der Waals surface area contributed by atoms with Crippen LogP contribution in [0.3, 0.4) is 0 Å². The molecule has 25 heavy (non-hydrogen) atoms. The summed E-state index contributed by atoms with van der Waals surface area (Å²) in [5, 5.41) is 11.9. The van der Waals surface area contributed by atoms with Gasteiger partial charge < -0.3 is 19.3 Å². The maximum Gasteiger partial charge on any atom is 0.176 e. The van der Waals surface area contributed by atoms with E-state index >= 15 is 0 Å². The van der Waals surface area contributed by atoms with Gasteiger partial charge in [0.15, 0.2) is 11.5 Å². The van der Waals surface area contributed by atoms with Gasteiger partial charge in [-0.2, -0.15) is 0 Å². The van der Waals surface area contributed by atoms with Crippen LogP contribution in [0.15, 0.2) is 66.7 Å². The first-order valence-electron chi connectivity index (χ1n) is 8.00. The summed E-state index contributed by atoms with van der Waals surface area (Å²) >= 11 is 0. The number of hydrogen-bond donors (Lipinski definition) is 1.